The lowest BCUT2D eigenvalue weighted by Gasteiger charge is -2.16. The van der Waals surface area contributed by atoms with Crippen LogP contribution in [0.5, 0.6) is 0 Å². The minimum absolute atomic E-state index is 0.0135. The van der Waals surface area contributed by atoms with E-state index in [0.717, 1.165) is 32.5 Å². The zero-order chi connectivity index (χ0) is 17.2. The van der Waals surface area contributed by atoms with Crippen molar-refractivity contribution in [1.29, 1.82) is 0 Å². The Hall–Kier alpha value is -1.88. The van der Waals surface area contributed by atoms with Crippen molar-refractivity contribution in [2.45, 2.75) is 51.7 Å². The van der Waals surface area contributed by atoms with Crippen LogP contribution in [-0.4, -0.2) is 42.5 Å². The third-order valence-corrected chi connectivity index (χ3v) is 4.13. The third-order valence-electron chi connectivity index (χ3n) is 4.13. The molecule has 0 aliphatic carbocycles. The number of carbonyl (C=O) groups is 2. The first kappa shape index (κ1) is 18.5. The summed E-state index contributed by atoms with van der Waals surface area (Å²) in [6.07, 6.45) is 3.05. The number of hydrogen-bond acceptors (Lipinski definition) is 4. The van der Waals surface area contributed by atoms with Gasteiger partial charge in [-0.05, 0) is 24.8 Å². The number of hydrogen-bond donors (Lipinski definition) is 1. The standard InChI is InChI=1S/C19H28N2O3/c1-2-12-20-18(22)9-6-10-19(23)24-17-11-13-21(15-17)14-16-7-4-3-5-8-16/h3-5,7-8,17H,2,6,9-15H2,1H3,(H,20,22)/t17-/m1/s1. The summed E-state index contributed by atoms with van der Waals surface area (Å²) in [7, 11) is 0. The maximum absolute atomic E-state index is 11.9. The maximum Gasteiger partial charge on any atom is 0.306 e. The van der Waals surface area contributed by atoms with Gasteiger partial charge in [0, 0.05) is 39.0 Å². The van der Waals surface area contributed by atoms with Gasteiger partial charge in [0.05, 0.1) is 0 Å². The van der Waals surface area contributed by atoms with Crippen LogP contribution in [0.1, 0.15) is 44.6 Å². The summed E-state index contributed by atoms with van der Waals surface area (Å²) < 4.78 is 5.53. The van der Waals surface area contributed by atoms with Crippen LogP contribution in [0, 0.1) is 0 Å². The lowest BCUT2D eigenvalue weighted by Crippen LogP contribution is -2.25. The Balaban J connectivity index is 1.60. The highest BCUT2D eigenvalue weighted by Crippen LogP contribution is 2.16. The van der Waals surface area contributed by atoms with E-state index >= 15 is 0 Å². The number of carbonyl (C=O) groups excluding carboxylic acids is 2. The fraction of sp³-hybridized carbons (Fsp3) is 0.579. The van der Waals surface area contributed by atoms with Gasteiger partial charge in [-0.2, -0.15) is 0 Å². The number of ether oxygens (including phenoxy) is 1. The molecule has 0 bridgehead atoms. The van der Waals surface area contributed by atoms with Gasteiger partial charge in [0.15, 0.2) is 0 Å². The van der Waals surface area contributed by atoms with E-state index in [4.69, 9.17) is 4.74 Å². The first-order valence-electron chi connectivity index (χ1n) is 8.90. The van der Waals surface area contributed by atoms with E-state index in [0.29, 0.717) is 25.8 Å². The van der Waals surface area contributed by atoms with Crippen LogP contribution in [0.3, 0.4) is 0 Å². The average Bonchev–Trinajstić information content (AvgIpc) is 3.00. The van der Waals surface area contributed by atoms with Crippen molar-refractivity contribution in [2.75, 3.05) is 19.6 Å². The molecular formula is C19H28N2O3. The van der Waals surface area contributed by atoms with E-state index in [9.17, 15) is 9.59 Å². The highest BCUT2D eigenvalue weighted by Gasteiger charge is 2.25. The molecule has 5 heteroatoms. The topological polar surface area (TPSA) is 58.6 Å². The molecule has 1 aliphatic heterocycles. The summed E-state index contributed by atoms with van der Waals surface area (Å²) in [4.78, 5) is 25.7. The quantitative estimate of drug-likeness (QED) is 0.706. The fourth-order valence-corrected chi connectivity index (χ4v) is 2.87. The molecule has 1 saturated heterocycles. The Bertz CT molecular complexity index is 519. The van der Waals surface area contributed by atoms with Crippen LogP contribution in [0.15, 0.2) is 30.3 Å². The van der Waals surface area contributed by atoms with Gasteiger partial charge in [-0.15, -0.1) is 0 Å². The lowest BCUT2D eigenvalue weighted by atomic mass is 10.2. The highest BCUT2D eigenvalue weighted by molar-refractivity contribution is 5.77. The summed E-state index contributed by atoms with van der Waals surface area (Å²) in [6, 6.07) is 10.3. The van der Waals surface area contributed by atoms with Crippen LogP contribution in [0.4, 0.5) is 0 Å². The molecule has 24 heavy (non-hydrogen) atoms. The molecule has 132 valence electrons. The molecule has 0 aromatic heterocycles. The van der Waals surface area contributed by atoms with Crippen molar-refractivity contribution < 1.29 is 14.3 Å². The van der Waals surface area contributed by atoms with Crippen LogP contribution in [0.25, 0.3) is 0 Å². The molecule has 1 heterocycles. The molecule has 1 aliphatic rings. The molecule has 0 radical (unpaired) electrons. The Labute approximate surface area is 144 Å². The van der Waals surface area contributed by atoms with E-state index in [1.54, 1.807) is 0 Å². The number of amides is 1. The average molecular weight is 332 g/mol. The fourth-order valence-electron chi connectivity index (χ4n) is 2.87. The summed E-state index contributed by atoms with van der Waals surface area (Å²) in [5.74, 6) is -0.176. The van der Waals surface area contributed by atoms with Gasteiger partial charge in [0.25, 0.3) is 0 Å². The monoisotopic (exact) mass is 332 g/mol. The Morgan fingerprint density at radius 2 is 2.04 bits per heavy atom. The normalized spacial score (nSPS) is 17.6. The first-order valence-corrected chi connectivity index (χ1v) is 8.90. The molecule has 1 N–H and O–H groups in total. The van der Waals surface area contributed by atoms with Crippen molar-refractivity contribution in [1.82, 2.24) is 10.2 Å². The van der Waals surface area contributed by atoms with Gasteiger partial charge >= 0.3 is 5.97 Å². The van der Waals surface area contributed by atoms with Crippen LogP contribution < -0.4 is 5.32 Å². The van der Waals surface area contributed by atoms with E-state index < -0.39 is 0 Å². The SMILES string of the molecule is CCCNC(=O)CCCC(=O)O[C@@H]1CCN(Cc2ccccc2)C1. The summed E-state index contributed by atoms with van der Waals surface area (Å²) in [5, 5.41) is 2.81. The maximum atomic E-state index is 11.9. The van der Waals surface area contributed by atoms with Gasteiger partial charge < -0.3 is 10.1 Å². The third kappa shape index (κ3) is 6.71. The Morgan fingerprint density at radius 3 is 2.79 bits per heavy atom. The zero-order valence-corrected chi connectivity index (χ0v) is 14.5. The highest BCUT2D eigenvalue weighted by atomic mass is 16.5. The molecule has 1 aromatic carbocycles. The van der Waals surface area contributed by atoms with Gasteiger partial charge in [0.1, 0.15) is 6.10 Å². The molecule has 1 fully saturated rings. The molecule has 2 rings (SSSR count). The number of likely N-dealkylation sites (tertiary alicyclic amines) is 1. The lowest BCUT2D eigenvalue weighted by molar-refractivity contribution is -0.148. The zero-order valence-electron chi connectivity index (χ0n) is 14.5. The van der Waals surface area contributed by atoms with Crippen LogP contribution in [0.2, 0.25) is 0 Å². The van der Waals surface area contributed by atoms with Gasteiger partial charge in [-0.25, -0.2) is 0 Å². The Kier molecular flexibility index (Phi) is 7.75. The van der Waals surface area contributed by atoms with Gasteiger partial charge in [0.2, 0.25) is 5.91 Å². The number of nitrogens with one attached hydrogen (secondary N) is 1. The number of benzene rings is 1. The summed E-state index contributed by atoms with van der Waals surface area (Å²) in [5.41, 5.74) is 1.28. The number of rotatable bonds is 9. The summed E-state index contributed by atoms with van der Waals surface area (Å²) >= 11 is 0. The van der Waals surface area contributed by atoms with E-state index in [1.165, 1.54) is 5.56 Å². The predicted octanol–water partition coefficient (Wildman–Crippen LogP) is 2.50. The first-order chi connectivity index (χ1) is 11.7. The van der Waals surface area contributed by atoms with Gasteiger partial charge in [-0.1, -0.05) is 37.3 Å². The van der Waals surface area contributed by atoms with Crippen LogP contribution >= 0.6 is 0 Å². The molecule has 1 amide bonds. The van der Waals surface area contributed by atoms with Gasteiger partial charge in [-0.3, -0.25) is 14.5 Å². The van der Waals surface area contributed by atoms with Crippen molar-refractivity contribution in [2.24, 2.45) is 0 Å². The molecule has 0 unspecified atom stereocenters. The summed E-state index contributed by atoms with van der Waals surface area (Å²) in [6.45, 7) is 5.35. The van der Waals surface area contributed by atoms with E-state index in [1.807, 2.05) is 25.1 Å². The van der Waals surface area contributed by atoms with Crippen molar-refractivity contribution >= 4 is 11.9 Å². The smallest absolute Gasteiger partial charge is 0.306 e. The number of esters is 1. The number of nitrogens with zero attached hydrogens (tertiary/aromatic N) is 1. The minimum atomic E-state index is -0.190. The van der Waals surface area contributed by atoms with Crippen molar-refractivity contribution in [3.63, 3.8) is 0 Å². The van der Waals surface area contributed by atoms with Crippen LogP contribution in [-0.2, 0) is 20.9 Å². The van der Waals surface area contributed by atoms with Crippen molar-refractivity contribution in [3.8, 4) is 0 Å². The van der Waals surface area contributed by atoms with E-state index in [-0.39, 0.29) is 18.0 Å². The molecule has 1 aromatic rings. The molecule has 5 nitrogen and oxygen atoms in total. The second-order valence-corrected chi connectivity index (χ2v) is 6.32. The largest absolute Gasteiger partial charge is 0.461 e. The van der Waals surface area contributed by atoms with E-state index in [2.05, 4.69) is 22.3 Å². The van der Waals surface area contributed by atoms with Crippen molar-refractivity contribution in [3.05, 3.63) is 35.9 Å². The molecular weight excluding hydrogens is 304 g/mol. The minimum Gasteiger partial charge on any atom is -0.461 e. The molecule has 0 spiro atoms. The Morgan fingerprint density at radius 1 is 1.25 bits per heavy atom. The second kappa shape index (κ2) is 10.1. The predicted molar refractivity (Wildman–Crippen MR) is 93.4 cm³/mol. The second-order valence-electron chi connectivity index (χ2n) is 6.32. The molecule has 1 atom stereocenters. The molecule has 0 saturated carbocycles.